The number of hydrogen-bond acceptors (Lipinski definition) is 6. The molecule has 0 unspecified atom stereocenters. The molecule has 0 fully saturated rings. The quantitative estimate of drug-likeness (QED) is 0.360. The number of carbonyl (C=O) groups is 1. The third kappa shape index (κ3) is 4.06. The van der Waals surface area contributed by atoms with Gasteiger partial charge in [-0.25, -0.2) is 17.8 Å². The third-order valence-electron chi connectivity index (χ3n) is 4.08. The monoisotopic (exact) mass is 413 g/mol. The largest absolute Gasteiger partial charge is 0.349 e. The lowest BCUT2D eigenvalue weighted by atomic mass is 10.2. The Morgan fingerprint density at radius 1 is 1.03 bits per heavy atom. The maximum absolute atomic E-state index is 12.6. The van der Waals surface area contributed by atoms with Crippen LogP contribution in [-0.4, -0.2) is 27.8 Å². The molecule has 0 N–H and O–H groups in total. The summed E-state index contributed by atoms with van der Waals surface area (Å²) in [5, 5.41) is 10.6. The van der Waals surface area contributed by atoms with Crippen molar-refractivity contribution in [1.82, 2.24) is 8.54 Å². The van der Waals surface area contributed by atoms with Crippen molar-refractivity contribution in [2.45, 2.75) is 11.8 Å². The fourth-order valence-electron chi connectivity index (χ4n) is 2.49. The van der Waals surface area contributed by atoms with Crippen molar-refractivity contribution in [2.75, 3.05) is 0 Å². The Hall–Kier alpha value is -3.79. The number of aryl methyl sites for hydroxylation is 1. The molecule has 3 aromatic rings. The van der Waals surface area contributed by atoms with Crippen LogP contribution >= 0.6 is 0 Å². The first kappa shape index (κ1) is 20.0. The molecule has 0 atom stereocenters. The number of nitro benzene ring substituents is 1. The second-order valence-corrected chi connectivity index (χ2v) is 7.90. The number of allylic oxidation sites excluding steroid dienone is 1. The van der Waals surface area contributed by atoms with Gasteiger partial charge >= 0.3 is 5.69 Å². The minimum Gasteiger partial charge on any atom is -0.269 e. The first-order valence-electron chi connectivity index (χ1n) is 8.29. The van der Waals surface area contributed by atoms with E-state index < -0.39 is 26.5 Å². The van der Waals surface area contributed by atoms with E-state index in [1.54, 1.807) is 19.1 Å². The molecule has 148 valence electrons. The van der Waals surface area contributed by atoms with Crippen LogP contribution in [0.1, 0.15) is 15.9 Å². The lowest BCUT2D eigenvalue weighted by Gasteiger charge is -2.04. The molecule has 2 aromatic carbocycles. The lowest BCUT2D eigenvalue weighted by Crippen LogP contribution is -2.31. The average molecular weight is 413 g/mol. The standard InChI is InChI=1S/C19H15N3O6S/c1-14-2-9-17(10-3-14)29(27,28)21-13-12-20(19(21)24)18(23)11-6-15-4-7-16(8-5-15)22(25)26/h2-13H,1H3/b11-6+. The summed E-state index contributed by atoms with van der Waals surface area (Å²) in [6.45, 7) is 1.80. The Morgan fingerprint density at radius 2 is 1.66 bits per heavy atom. The summed E-state index contributed by atoms with van der Waals surface area (Å²) in [6, 6.07) is 11.4. The Morgan fingerprint density at radius 3 is 2.24 bits per heavy atom. The summed E-state index contributed by atoms with van der Waals surface area (Å²) in [7, 11) is -4.14. The molecule has 29 heavy (non-hydrogen) atoms. The molecule has 3 rings (SSSR count). The number of nitro groups is 1. The first-order valence-corrected chi connectivity index (χ1v) is 9.73. The molecule has 0 saturated heterocycles. The van der Waals surface area contributed by atoms with E-state index in [0.29, 0.717) is 14.1 Å². The number of non-ortho nitro benzene ring substituents is 1. The van der Waals surface area contributed by atoms with Crippen molar-refractivity contribution in [3.63, 3.8) is 0 Å². The van der Waals surface area contributed by atoms with Crippen LogP contribution in [0.15, 0.2) is 76.7 Å². The van der Waals surface area contributed by atoms with E-state index in [1.165, 1.54) is 42.5 Å². The highest BCUT2D eigenvalue weighted by Crippen LogP contribution is 2.14. The number of imidazole rings is 1. The van der Waals surface area contributed by atoms with Crippen LogP contribution in [0.25, 0.3) is 6.08 Å². The van der Waals surface area contributed by atoms with Gasteiger partial charge in [-0.05, 0) is 42.8 Å². The molecule has 0 aliphatic heterocycles. The van der Waals surface area contributed by atoms with Crippen LogP contribution < -0.4 is 5.69 Å². The third-order valence-corrected chi connectivity index (χ3v) is 5.75. The number of aromatic nitrogens is 2. The van der Waals surface area contributed by atoms with Gasteiger partial charge in [0, 0.05) is 30.6 Å². The Balaban J connectivity index is 1.86. The van der Waals surface area contributed by atoms with Gasteiger partial charge in [-0.3, -0.25) is 14.9 Å². The zero-order valence-corrected chi connectivity index (χ0v) is 15.9. The van der Waals surface area contributed by atoms with E-state index in [-0.39, 0.29) is 10.6 Å². The van der Waals surface area contributed by atoms with Gasteiger partial charge in [0.15, 0.2) is 0 Å². The molecular weight excluding hydrogens is 398 g/mol. The molecule has 0 bridgehead atoms. The number of nitrogens with zero attached hydrogens (tertiary/aromatic N) is 3. The van der Waals surface area contributed by atoms with E-state index >= 15 is 0 Å². The summed E-state index contributed by atoms with van der Waals surface area (Å²) < 4.78 is 26.4. The SMILES string of the molecule is Cc1ccc(S(=O)(=O)n2ccn(C(=O)/C=C/c3ccc([N+](=O)[O-])cc3)c2=O)cc1. The van der Waals surface area contributed by atoms with Gasteiger partial charge in [0.2, 0.25) is 0 Å². The Labute approximate surface area is 165 Å². The molecule has 0 saturated carbocycles. The van der Waals surface area contributed by atoms with Crippen LogP contribution in [0.2, 0.25) is 0 Å². The topological polar surface area (TPSA) is 121 Å². The highest BCUT2D eigenvalue weighted by molar-refractivity contribution is 7.90. The summed E-state index contributed by atoms with van der Waals surface area (Å²) >= 11 is 0. The zero-order chi connectivity index (χ0) is 21.2. The van der Waals surface area contributed by atoms with Crippen LogP contribution in [0.4, 0.5) is 5.69 Å². The molecule has 1 aromatic heterocycles. The number of hydrogen-bond donors (Lipinski definition) is 0. The second-order valence-electron chi connectivity index (χ2n) is 6.08. The fraction of sp³-hybridized carbons (Fsp3) is 0.0526. The maximum atomic E-state index is 12.6. The molecular formula is C19H15N3O6S. The first-order chi connectivity index (χ1) is 13.7. The van der Waals surface area contributed by atoms with Crippen LogP contribution in [0.5, 0.6) is 0 Å². The van der Waals surface area contributed by atoms with E-state index in [4.69, 9.17) is 0 Å². The van der Waals surface area contributed by atoms with Crippen molar-refractivity contribution in [3.8, 4) is 0 Å². The van der Waals surface area contributed by atoms with Crippen LogP contribution in [0, 0.1) is 17.0 Å². The molecule has 0 amide bonds. The smallest absolute Gasteiger partial charge is 0.269 e. The normalized spacial score (nSPS) is 11.6. The summed E-state index contributed by atoms with van der Waals surface area (Å²) in [5.74, 6) is -0.758. The molecule has 0 radical (unpaired) electrons. The fourth-order valence-corrected chi connectivity index (χ4v) is 3.71. The van der Waals surface area contributed by atoms with Crippen LogP contribution in [-0.2, 0) is 10.0 Å². The van der Waals surface area contributed by atoms with Crippen molar-refractivity contribution in [3.05, 3.63) is 98.7 Å². The summed E-state index contributed by atoms with van der Waals surface area (Å²) in [5.41, 5.74) is 0.246. The average Bonchev–Trinajstić information content (AvgIpc) is 3.09. The minimum absolute atomic E-state index is 0.0724. The van der Waals surface area contributed by atoms with Gasteiger partial charge in [-0.2, -0.15) is 3.97 Å². The van der Waals surface area contributed by atoms with Gasteiger partial charge in [-0.15, -0.1) is 0 Å². The van der Waals surface area contributed by atoms with Crippen molar-refractivity contribution >= 4 is 27.7 Å². The number of benzene rings is 2. The number of rotatable bonds is 5. The van der Waals surface area contributed by atoms with Gasteiger partial charge in [0.1, 0.15) is 0 Å². The van der Waals surface area contributed by atoms with E-state index in [9.17, 15) is 28.1 Å². The van der Waals surface area contributed by atoms with Crippen LogP contribution in [0.3, 0.4) is 0 Å². The predicted molar refractivity (Wildman–Crippen MR) is 105 cm³/mol. The van der Waals surface area contributed by atoms with Crippen molar-refractivity contribution in [1.29, 1.82) is 0 Å². The lowest BCUT2D eigenvalue weighted by molar-refractivity contribution is -0.384. The molecule has 1 heterocycles. The van der Waals surface area contributed by atoms with Crippen molar-refractivity contribution < 1.29 is 18.1 Å². The molecule has 0 spiro atoms. The van der Waals surface area contributed by atoms with Gasteiger partial charge < -0.3 is 0 Å². The summed E-state index contributed by atoms with van der Waals surface area (Å²) in [4.78, 5) is 34.8. The molecule has 9 nitrogen and oxygen atoms in total. The van der Waals surface area contributed by atoms with E-state index in [1.807, 2.05) is 0 Å². The Kier molecular flexibility index (Phi) is 5.29. The highest BCUT2D eigenvalue weighted by atomic mass is 32.2. The second kappa shape index (κ2) is 7.68. The minimum atomic E-state index is -4.14. The summed E-state index contributed by atoms with van der Waals surface area (Å²) in [6.07, 6.45) is 4.52. The van der Waals surface area contributed by atoms with Gasteiger partial charge in [-0.1, -0.05) is 17.7 Å². The predicted octanol–water partition coefficient (Wildman–Crippen LogP) is 2.46. The zero-order valence-electron chi connectivity index (χ0n) is 15.1. The number of carbonyl (C=O) groups excluding carboxylic acids is 1. The van der Waals surface area contributed by atoms with Crippen molar-refractivity contribution in [2.24, 2.45) is 0 Å². The highest BCUT2D eigenvalue weighted by Gasteiger charge is 2.21. The van der Waals surface area contributed by atoms with E-state index in [0.717, 1.165) is 24.0 Å². The molecule has 0 aliphatic rings. The molecule has 10 heteroatoms. The Bertz CT molecular complexity index is 1270. The molecule has 0 aliphatic carbocycles. The van der Waals surface area contributed by atoms with Gasteiger partial charge in [0.05, 0.1) is 9.82 Å². The van der Waals surface area contributed by atoms with Gasteiger partial charge in [0.25, 0.3) is 21.6 Å². The maximum Gasteiger partial charge on any atom is 0.349 e. The van der Waals surface area contributed by atoms with E-state index in [2.05, 4.69) is 0 Å².